The lowest BCUT2D eigenvalue weighted by atomic mass is 9.87. The molecule has 0 aromatic carbocycles. The Hall–Kier alpha value is -1.21. The van der Waals surface area contributed by atoms with E-state index in [1.54, 1.807) is 4.90 Å². The third-order valence-corrected chi connectivity index (χ3v) is 4.50. The fraction of sp³-hybridized carbons (Fsp3) is 0.923. The van der Waals surface area contributed by atoms with Crippen molar-refractivity contribution in [2.75, 3.05) is 0 Å². The summed E-state index contributed by atoms with van der Waals surface area (Å²) < 4.78 is 0. The van der Waals surface area contributed by atoms with Crippen LogP contribution in [-0.2, 0) is 0 Å². The number of hydrogen-bond acceptors (Lipinski definition) is 5. The first-order chi connectivity index (χ1) is 9.61. The molecule has 20 heavy (non-hydrogen) atoms. The van der Waals surface area contributed by atoms with E-state index in [2.05, 4.69) is 5.29 Å². The minimum Gasteiger partial charge on any atom is -0.393 e. The van der Waals surface area contributed by atoms with Crippen LogP contribution < -0.4 is 5.43 Å². The maximum absolute atomic E-state index is 12.1. The van der Waals surface area contributed by atoms with E-state index in [1.807, 2.05) is 5.43 Å². The van der Waals surface area contributed by atoms with Crippen molar-refractivity contribution in [1.29, 1.82) is 0 Å². The second kappa shape index (κ2) is 6.99. The number of amides is 2. The van der Waals surface area contributed by atoms with E-state index in [-0.39, 0.29) is 24.3 Å². The Kier molecular flexibility index (Phi) is 5.31. The highest BCUT2D eigenvalue weighted by atomic mass is 16.3. The summed E-state index contributed by atoms with van der Waals surface area (Å²) in [6, 6.07) is -0.372. The Bertz CT molecular complexity index is 315. The zero-order valence-corrected chi connectivity index (χ0v) is 11.6. The van der Waals surface area contributed by atoms with Gasteiger partial charge >= 0.3 is 6.03 Å². The van der Waals surface area contributed by atoms with Gasteiger partial charge < -0.3 is 15.1 Å². The molecule has 0 radical (unpaired) electrons. The van der Waals surface area contributed by atoms with Gasteiger partial charge in [-0.25, -0.2) is 4.79 Å². The Morgan fingerprint density at radius 1 is 0.900 bits per heavy atom. The molecular weight excluding hydrogens is 262 g/mol. The van der Waals surface area contributed by atoms with E-state index in [4.69, 9.17) is 0 Å². The van der Waals surface area contributed by atoms with Gasteiger partial charge in [0.2, 0.25) is 0 Å². The summed E-state index contributed by atoms with van der Waals surface area (Å²) in [5, 5.41) is 21.6. The molecule has 2 aliphatic carbocycles. The third kappa shape index (κ3) is 3.67. The summed E-state index contributed by atoms with van der Waals surface area (Å²) in [6.07, 6.45) is 5.12. The molecular formula is C13H23N3O4. The first kappa shape index (κ1) is 15.2. The molecule has 0 spiro atoms. The van der Waals surface area contributed by atoms with Gasteiger partial charge in [0.15, 0.2) is 0 Å². The molecule has 2 rings (SSSR count). The highest BCUT2D eigenvalue weighted by Crippen LogP contribution is 2.30. The van der Waals surface area contributed by atoms with E-state index in [0.717, 1.165) is 25.7 Å². The van der Waals surface area contributed by atoms with Crippen molar-refractivity contribution < 1.29 is 15.0 Å². The largest absolute Gasteiger partial charge is 0.393 e. The van der Waals surface area contributed by atoms with Gasteiger partial charge in [-0.05, 0) is 51.4 Å². The smallest absolute Gasteiger partial charge is 0.340 e. The summed E-state index contributed by atoms with van der Waals surface area (Å²) >= 11 is 0. The number of urea groups is 1. The highest BCUT2D eigenvalue weighted by Gasteiger charge is 2.35. The molecule has 0 heterocycles. The molecule has 0 saturated heterocycles. The van der Waals surface area contributed by atoms with Gasteiger partial charge in [-0.1, -0.05) is 0 Å². The molecule has 0 unspecified atom stereocenters. The fourth-order valence-electron chi connectivity index (χ4n) is 3.40. The number of aliphatic hydroxyl groups excluding tert-OH is 2. The standard InChI is InChI=1S/C13H23N3O4/c17-11-5-1-9(2-6-11)16(13(19)14-15-20)10-3-7-12(18)8-4-10/h9-12,17-18H,1-8H2,(H,14,19,20). The fourth-order valence-corrected chi connectivity index (χ4v) is 3.40. The second-order valence-electron chi connectivity index (χ2n) is 5.84. The lowest BCUT2D eigenvalue weighted by molar-refractivity contribution is 0.0404. The quantitative estimate of drug-likeness (QED) is 0.537. The topological polar surface area (TPSA) is 102 Å². The molecule has 0 bridgehead atoms. The number of nitrogens with zero attached hydrogens (tertiary/aromatic N) is 2. The minimum atomic E-state index is -0.456. The van der Waals surface area contributed by atoms with Crippen LogP contribution in [0.2, 0.25) is 0 Å². The summed E-state index contributed by atoms with van der Waals surface area (Å²) in [5.41, 5.74) is 1.99. The van der Waals surface area contributed by atoms with Gasteiger partial charge in [0.05, 0.1) is 17.5 Å². The molecule has 7 nitrogen and oxygen atoms in total. The van der Waals surface area contributed by atoms with Gasteiger partial charge in [-0.2, -0.15) is 5.43 Å². The zero-order valence-electron chi connectivity index (χ0n) is 11.6. The SMILES string of the molecule is O=NNC(=O)N(C1CCC(O)CC1)C1CCC(O)CC1. The lowest BCUT2D eigenvalue weighted by Gasteiger charge is -2.42. The first-order valence-electron chi connectivity index (χ1n) is 7.38. The molecule has 0 aliphatic heterocycles. The Morgan fingerprint density at radius 2 is 1.30 bits per heavy atom. The third-order valence-electron chi connectivity index (χ3n) is 4.50. The normalized spacial score (nSPS) is 34.3. The minimum absolute atomic E-state index is 0.0420. The van der Waals surface area contributed by atoms with Crippen LogP contribution in [-0.4, -0.2) is 45.4 Å². The van der Waals surface area contributed by atoms with Gasteiger partial charge in [0.25, 0.3) is 0 Å². The molecule has 2 amide bonds. The Labute approximate surface area is 118 Å². The number of carbonyl (C=O) groups excluding carboxylic acids is 1. The zero-order chi connectivity index (χ0) is 14.5. The van der Waals surface area contributed by atoms with Crippen molar-refractivity contribution in [2.24, 2.45) is 5.29 Å². The lowest BCUT2D eigenvalue weighted by Crippen LogP contribution is -2.53. The van der Waals surface area contributed by atoms with Gasteiger partial charge in [-0.15, -0.1) is 4.91 Å². The number of hydrogen-bond donors (Lipinski definition) is 3. The molecule has 114 valence electrons. The Morgan fingerprint density at radius 3 is 1.65 bits per heavy atom. The van der Waals surface area contributed by atoms with Crippen LogP contribution in [0.5, 0.6) is 0 Å². The summed E-state index contributed by atoms with van der Waals surface area (Å²) in [5.74, 6) is 0. The van der Waals surface area contributed by atoms with Crippen LogP contribution in [0.1, 0.15) is 51.4 Å². The van der Waals surface area contributed by atoms with Crippen LogP contribution in [0.25, 0.3) is 0 Å². The molecule has 2 saturated carbocycles. The average molecular weight is 285 g/mol. The number of nitroso groups, excluding NO2 is 1. The van der Waals surface area contributed by atoms with Crippen LogP contribution in [0.4, 0.5) is 4.79 Å². The number of carbonyl (C=O) groups is 1. The highest BCUT2D eigenvalue weighted by molar-refractivity contribution is 5.74. The van der Waals surface area contributed by atoms with E-state index >= 15 is 0 Å². The monoisotopic (exact) mass is 285 g/mol. The molecule has 2 fully saturated rings. The van der Waals surface area contributed by atoms with E-state index in [0.29, 0.717) is 25.7 Å². The maximum Gasteiger partial charge on any atom is 0.340 e. The van der Waals surface area contributed by atoms with E-state index in [9.17, 15) is 19.9 Å². The van der Waals surface area contributed by atoms with Crippen LogP contribution >= 0.6 is 0 Å². The summed E-state index contributed by atoms with van der Waals surface area (Å²) in [7, 11) is 0. The maximum atomic E-state index is 12.1. The summed E-state index contributed by atoms with van der Waals surface area (Å²) in [4.78, 5) is 24.1. The molecule has 0 aromatic rings. The van der Waals surface area contributed by atoms with Crippen molar-refractivity contribution >= 4 is 6.03 Å². The van der Waals surface area contributed by atoms with Crippen LogP contribution in [0, 0.1) is 4.91 Å². The molecule has 3 N–H and O–H groups in total. The van der Waals surface area contributed by atoms with Crippen LogP contribution in [0.15, 0.2) is 5.29 Å². The van der Waals surface area contributed by atoms with Crippen molar-refractivity contribution in [2.45, 2.75) is 75.7 Å². The van der Waals surface area contributed by atoms with Gasteiger partial charge in [0.1, 0.15) is 0 Å². The number of aliphatic hydroxyl groups is 2. The molecule has 2 aliphatic rings. The van der Waals surface area contributed by atoms with Crippen molar-refractivity contribution in [3.63, 3.8) is 0 Å². The second-order valence-corrected chi connectivity index (χ2v) is 5.84. The Balaban J connectivity index is 2.04. The number of rotatable bonds is 3. The molecule has 0 aromatic heterocycles. The first-order valence-corrected chi connectivity index (χ1v) is 7.38. The molecule has 7 heteroatoms. The van der Waals surface area contributed by atoms with Crippen molar-refractivity contribution in [3.8, 4) is 0 Å². The van der Waals surface area contributed by atoms with Crippen molar-refractivity contribution in [3.05, 3.63) is 4.91 Å². The van der Waals surface area contributed by atoms with Crippen molar-refractivity contribution in [1.82, 2.24) is 10.3 Å². The predicted octanol–water partition coefficient (Wildman–Crippen LogP) is 1.29. The predicted molar refractivity (Wildman–Crippen MR) is 72.7 cm³/mol. The van der Waals surface area contributed by atoms with E-state index < -0.39 is 6.03 Å². The number of nitrogens with one attached hydrogen (secondary N) is 1. The summed E-state index contributed by atoms with van der Waals surface area (Å²) in [6.45, 7) is 0. The van der Waals surface area contributed by atoms with Gasteiger partial charge in [0, 0.05) is 12.1 Å². The van der Waals surface area contributed by atoms with Crippen LogP contribution in [0.3, 0.4) is 0 Å². The average Bonchev–Trinajstić information content (AvgIpc) is 2.44. The van der Waals surface area contributed by atoms with E-state index in [1.165, 1.54) is 0 Å². The van der Waals surface area contributed by atoms with Gasteiger partial charge in [-0.3, -0.25) is 0 Å². The molecule has 0 atom stereocenters.